The van der Waals surface area contributed by atoms with Gasteiger partial charge in [-0.1, -0.05) is 0 Å². The third-order valence-electron chi connectivity index (χ3n) is 3.66. The van der Waals surface area contributed by atoms with Crippen molar-refractivity contribution in [2.75, 3.05) is 0 Å². The standard InChI is InChI=1S/C11H14N2O4/c14-7-2-1-6-5-9(17-10(6)7)13-4-3-8(15)12-11(13)16/h3-4,6-7,9-10,14H,1-2,5H2,(H,12,15,16). The fourth-order valence-electron chi connectivity index (χ4n) is 2.81. The zero-order chi connectivity index (χ0) is 12.0. The molecule has 1 saturated heterocycles. The molecule has 1 aromatic rings. The summed E-state index contributed by atoms with van der Waals surface area (Å²) in [6, 6.07) is 1.30. The van der Waals surface area contributed by atoms with Crippen LogP contribution in [0.2, 0.25) is 0 Å². The van der Waals surface area contributed by atoms with Gasteiger partial charge in [-0.2, -0.15) is 0 Å². The van der Waals surface area contributed by atoms with Gasteiger partial charge < -0.3 is 9.84 Å². The Morgan fingerprint density at radius 3 is 2.94 bits per heavy atom. The Morgan fingerprint density at radius 2 is 2.24 bits per heavy atom. The molecule has 1 aliphatic heterocycles. The number of aliphatic hydroxyl groups is 1. The molecule has 17 heavy (non-hydrogen) atoms. The van der Waals surface area contributed by atoms with Crippen LogP contribution in [0, 0.1) is 5.92 Å². The van der Waals surface area contributed by atoms with E-state index < -0.39 is 17.4 Å². The number of nitrogens with one attached hydrogen (secondary N) is 1. The van der Waals surface area contributed by atoms with E-state index in [2.05, 4.69) is 4.98 Å². The Morgan fingerprint density at radius 1 is 1.41 bits per heavy atom. The SMILES string of the molecule is O=c1ccn(C2CC3CCC(O)C3O2)c(=O)[nH]1. The van der Waals surface area contributed by atoms with Gasteiger partial charge >= 0.3 is 5.69 Å². The minimum atomic E-state index is -0.461. The number of aromatic amines is 1. The Bertz CT molecular complexity index is 535. The quantitative estimate of drug-likeness (QED) is 0.697. The van der Waals surface area contributed by atoms with Crippen LogP contribution in [0.3, 0.4) is 0 Å². The van der Waals surface area contributed by atoms with Crippen LogP contribution in [0.4, 0.5) is 0 Å². The number of aromatic nitrogens is 2. The number of fused-ring (bicyclic) bond motifs is 1. The molecule has 0 amide bonds. The second-order valence-electron chi connectivity index (χ2n) is 4.71. The molecule has 2 fully saturated rings. The molecular formula is C11H14N2O4. The number of nitrogens with zero attached hydrogens (tertiary/aromatic N) is 1. The van der Waals surface area contributed by atoms with Crippen molar-refractivity contribution in [1.29, 1.82) is 0 Å². The molecule has 92 valence electrons. The topological polar surface area (TPSA) is 84.3 Å². The van der Waals surface area contributed by atoms with Crippen molar-refractivity contribution >= 4 is 0 Å². The van der Waals surface area contributed by atoms with Crippen LogP contribution >= 0.6 is 0 Å². The monoisotopic (exact) mass is 238 g/mol. The Hall–Kier alpha value is -1.40. The van der Waals surface area contributed by atoms with Gasteiger partial charge in [0, 0.05) is 12.3 Å². The summed E-state index contributed by atoms with van der Waals surface area (Å²) in [5.41, 5.74) is -0.874. The number of hydrogen-bond acceptors (Lipinski definition) is 4. The third-order valence-corrected chi connectivity index (χ3v) is 3.66. The molecule has 4 unspecified atom stereocenters. The highest BCUT2D eigenvalue weighted by Crippen LogP contribution is 2.42. The van der Waals surface area contributed by atoms with E-state index in [0.717, 1.165) is 12.8 Å². The summed E-state index contributed by atoms with van der Waals surface area (Å²) in [5, 5.41) is 9.71. The first kappa shape index (κ1) is 10.7. The van der Waals surface area contributed by atoms with E-state index in [9.17, 15) is 14.7 Å². The van der Waals surface area contributed by atoms with Crippen LogP contribution in [0.25, 0.3) is 0 Å². The number of aliphatic hydroxyl groups excluding tert-OH is 1. The molecule has 3 rings (SSSR count). The van der Waals surface area contributed by atoms with Gasteiger partial charge in [0.2, 0.25) is 0 Å². The minimum absolute atomic E-state index is 0.168. The minimum Gasteiger partial charge on any atom is -0.390 e. The molecule has 0 spiro atoms. The van der Waals surface area contributed by atoms with Crippen molar-refractivity contribution in [2.45, 2.75) is 37.7 Å². The molecule has 2 aliphatic rings. The first-order valence-electron chi connectivity index (χ1n) is 5.80. The number of H-pyrrole nitrogens is 1. The molecule has 4 atom stereocenters. The summed E-state index contributed by atoms with van der Waals surface area (Å²) in [4.78, 5) is 24.8. The van der Waals surface area contributed by atoms with Crippen molar-refractivity contribution in [3.63, 3.8) is 0 Å². The molecule has 2 N–H and O–H groups in total. The predicted molar refractivity (Wildman–Crippen MR) is 58.6 cm³/mol. The maximum absolute atomic E-state index is 11.6. The summed E-state index contributed by atoms with van der Waals surface area (Å²) in [6.07, 6.45) is 2.89. The molecular weight excluding hydrogens is 224 g/mol. The fraction of sp³-hybridized carbons (Fsp3) is 0.636. The van der Waals surface area contributed by atoms with E-state index in [1.54, 1.807) is 0 Å². The maximum atomic E-state index is 11.6. The van der Waals surface area contributed by atoms with Crippen LogP contribution in [-0.4, -0.2) is 26.9 Å². The summed E-state index contributed by atoms with van der Waals surface area (Å²) < 4.78 is 7.08. The van der Waals surface area contributed by atoms with Gasteiger partial charge in [-0.05, 0) is 25.2 Å². The van der Waals surface area contributed by atoms with Crippen molar-refractivity contribution in [3.05, 3.63) is 33.1 Å². The van der Waals surface area contributed by atoms with Gasteiger partial charge in [-0.15, -0.1) is 0 Å². The van der Waals surface area contributed by atoms with Crippen LogP contribution in [-0.2, 0) is 4.74 Å². The second kappa shape index (κ2) is 3.82. The summed E-state index contributed by atoms with van der Waals surface area (Å²) in [6.45, 7) is 0. The molecule has 6 heteroatoms. The molecule has 1 aromatic heterocycles. The Labute approximate surface area is 96.9 Å². The number of ether oxygens (including phenoxy) is 1. The Kier molecular flexibility index (Phi) is 2.41. The van der Waals surface area contributed by atoms with E-state index in [1.807, 2.05) is 0 Å². The van der Waals surface area contributed by atoms with E-state index in [4.69, 9.17) is 4.74 Å². The molecule has 0 radical (unpaired) electrons. The smallest absolute Gasteiger partial charge is 0.330 e. The van der Waals surface area contributed by atoms with E-state index in [-0.39, 0.29) is 12.3 Å². The summed E-state index contributed by atoms with van der Waals surface area (Å²) in [5.74, 6) is 0.314. The highest BCUT2D eigenvalue weighted by molar-refractivity contribution is 4.94. The lowest BCUT2D eigenvalue weighted by Crippen LogP contribution is -2.32. The number of rotatable bonds is 1. The van der Waals surface area contributed by atoms with Crippen molar-refractivity contribution < 1.29 is 9.84 Å². The molecule has 2 heterocycles. The maximum Gasteiger partial charge on any atom is 0.330 e. The van der Waals surface area contributed by atoms with Gasteiger partial charge in [-0.3, -0.25) is 14.3 Å². The predicted octanol–water partition coefficient (Wildman–Crippen LogP) is -0.405. The molecule has 0 aromatic carbocycles. The molecule has 6 nitrogen and oxygen atoms in total. The highest BCUT2D eigenvalue weighted by Gasteiger charge is 2.44. The normalized spacial score (nSPS) is 36.1. The van der Waals surface area contributed by atoms with Crippen LogP contribution in [0.5, 0.6) is 0 Å². The molecule has 1 saturated carbocycles. The fourth-order valence-corrected chi connectivity index (χ4v) is 2.81. The first-order valence-corrected chi connectivity index (χ1v) is 5.80. The lowest BCUT2D eigenvalue weighted by Gasteiger charge is -2.16. The largest absolute Gasteiger partial charge is 0.390 e. The van der Waals surface area contributed by atoms with Crippen molar-refractivity contribution in [3.8, 4) is 0 Å². The van der Waals surface area contributed by atoms with Crippen molar-refractivity contribution in [2.24, 2.45) is 5.92 Å². The number of hydrogen-bond donors (Lipinski definition) is 2. The lowest BCUT2D eigenvalue weighted by atomic mass is 10.0. The highest BCUT2D eigenvalue weighted by atomic mass is 16.5. The van der Waals surface area contributed by atoms with E-state index in [1.165, 1.54) is 16.8 Å². The lowest BCUT2D eigenvalue weighted by molar-refractivity contribution is -0.0554. The summed E-state index contributed by atoms with van der Waals surface area (Å²) >= 11 is 0. The Balaban J connectivity index is 1.88. The van der Waals surface area contributed by atoms with Gasteiger partial charge in [-0.25, -0.2) is 4.79 Å². The van der Waals surface area contributed by atoms with Crippen LogP contribution in [0.15, 0.2) is 21.9 Å². The van der Waals surface area contributed by atoms with Gasteiger partial charge in [0.15, 0.2) is 0 Å². The third kappa shape index (κ3) is 1.73. The van der Waals surface area contributed by atoms with Gasteiger partial charge in [0.05, 0.1) is 12.2 Å². The summed E-state index contributed by atoms with van der Waals surface area (Å²) in [7, 11) is 0. The van der Waals surface area contributed by atoms with Crippen molar-refractivity contribution in [1.82, 2.24) is 9.55 Å². The van der Waals surface area contributed by atoms with E-state index >= 15 is 0 Å². The zero-order valence-corrected chi connectivity index (χ0v) is 9.20. The van der Waals surface area contributed by atoms with Gasteiger partial charge in [0.25, 0.3) is 5.56 Å². The first-order chi connectivity index (χ1) is 8.15. The zero-order valence-electron chi connectivity index (χ0n) is 9.20. The van der Waals surface area contributed by atoms with Crippen LogP contribution in [0.1, 0.15) is 25.5 Å². The average molecular weight is 238 g/mol. The molecule has 1 aliphatic carbocycles. The second-order valence-corrected chi connectivity index (χ2v) is 4.71. The average Bonchev–Trinajstić information content (AvgIpc) is 2.81. The molecule has 0 bridgehead atoms. The van der Waals surface area contributed by atoms with Crippen LogP contribution < -0.4 is 11.2 Å². The van der Waals surface area contributed by atoms with Gasteiger partial charge in [0.1, 0.15) is 6.23 Å². The van der Waals surface area contributed by atoms with E-state index in [0.29, 0.717) is 12.3 Å².